The highest BCUT2D eigenvalue weighted by atomic mass is 16.6. The molecule has 68 heavy (non-hydrogen) atoms. The standard InChI is InChI=1S/C52H66O16/c1-10-49(5,65-45(54)37-14-22-41(58-6)23-15-37)31-62-33-51(12-3,67-47(56)39-18-26-43(60-8)27-19-39)35-64-36-52(13-4,68-48(57)40-20-28-44(61-9)29-21-40)34-63-32-50(11-2,30-53)66-46(55)38-16-24-42(59-7)25-17-38/h14-29,53H,10-13,30-36H2,1-9H3. The van der Waals surface area contributed by atoms with Gasteiger partial charge in [0.25, 0.3) is 0 Å². The zero-order valence-corrected chi connectivity index (χ0v) is 40.6. The van der Waals surface area contributed by atoms with Gasteiger partial charge in [-0.05, 0) is 130 Å². The smallest absolute Gasteiger partial charge is 0.338 e. The average molecular weight is 947 g/mol. The minimum atomic E-state index is -1.47. The van der Waals surface area contributed by atoms with Crippen LogP contribution in [0, 0.1) is 0 Å². The van der Waals surface area contributed by atoms with Crippen LogP contribution in [-0.2, 0) is 33.2 Å². The molecule has 0 amide bonds. The van der Waals surface area contributed by atoms with Gasteiger partial charge in [-0.1, -0.05) is 27.7 Å². The van der Waals surface area contributed by atoms with Crippen LogP contribution >= 0.6 is 0 Å². The molecule has 0 saturated heterocycles. The summed E-state index contributed by atoms with van der Waals surface area (Å²) in [7, 11) is 6.08. The Labute approximate surface area is 399 Å². The maximum absolute atomic E-state index is 13.8. The third-order valence-corrected chi connectivity index (χ3v) is 11.8. The van der Waals surface area contributed by atoms with E-state index in [4.69, 9.17) is 52.1 Å². The van der Waals surface area contributed by atoms with Gasteiger partial charge >= 0.3 is 23.9 Å². The van der Waals surface area contributed by atoms with Crippen LogP contribution in [-0.4, -0.2) is 126 Å². The lowest BCUT2D eigenvalue weighted by molar-refractivity contribution is -0.161. The zero-order valence-electron chi connectivity index (χ0n) is 40.6. The second kappa shape index (κ2) is 25.8. The molecule has 0 aliphatic carbocycles. The van der Waals surface area contributed by atoms with Crippen molar-refractivity contribution in [3.63, 3.8) is 0 Å². The first kappa shape index (κ1) is 54.4. The molecule has 4 unspecified atom stereocenters. The quantitative estimate of drug-likeness (QED) is 0.0405. The molecule has 4 atom stereocenters. The molecule has 0 bridgehead atoms. The Bertz CT molecular complexity index is 2190. The van der Waals surface area contributed by atoms with E-state index in [1.165, 1.54) is 28.4 Å². The number of aliphatic hydroxyl groups is 1. The highest BCUT2D eigenvalue weighted by Crippen LogP contribution is 2.29. The second-order valence-corrected chi connectivity index (χ2v) is 16.5. The fourth-order valence-electron chi connectivity index (χ4n) is 6.61. The molecule has 4 rings (SSSR count). The summed E-state index contributed by atoms with van der Waals surface area (Å²) in [6, 6.07) is 25.7. The van der Waals surface area contributed by atoms with Crippen molar-refractivity contribution in [3.05, 3.63) is 119 Å². The topological polar surface area (TPSA) is 190 Å². The number of rotatable bonds is 29. The lowest BCUT2D eigenvalue weighted by atomic mass is 9.99. The van der Waals surface area contributed by atoms with Crippen LogP contribution in [0.25, 0.3) is 0 Å². The van der Waals surface area contributed by atoms with Gasteiger partial charge in [-0.2, -0.15) is 0 Å². The number of benzene rings is 4. The lowest BCUT2D eigenvalue weighted by Crippen LogP contribution is -2.50. The Morgan fingerprint density at radius 3 is 0.882 bits per heavy atom. The molecule has 0 fully saturated rings. The number of aliphatic hydroxyl groups excluding tert-OH is 1. The van der Waals surface area contributed by atoms with Crippen molar-refractivity contribution in [2.24, 2.45) is 0 Å². The highest BCUT2D eigenvalue weighted by molar-refractivity contribution is 5.91. The first-order valence-corrected chi connectivity index (χ1v) is 22.5. The number of carbonyl (C=O) groups is 4. The number of methoxy groups -OCH3 is 4. The second-order valence-electron chi connectivity index (χ2n) is 16.5. The third kappa shape index (κ3) is 15.2. The molecule has 370 valence electrons. The summed E-state index contributed by atoms with van der Waals surface area (Å²) in [5, 5.41) is 10.6. The van der Waals surface area contributed by atoms with E-state index in [1.807, 2.05) is 13.8 Å². The van der Waals surface area contributed by atoms with E-state index in [0.29, 0.717) is 35.0 Å². The predicted octanol–water partition coefficient (Wildman–Crippen LogP) is 8.11. The largest absolute Gasteiger partial charge is 0.497 e. The first-order valence-electron chi connectivity index (χ1n) is 22.5. The third-order valence-electron chi connectivity index (χ3n) is 11.8. The number of esters is 4. The van der Waals surface area contributed by atoms with Crippen LogP contribution < -0.4 is 18.9 Å². The number of hydrogen-bond acceptors (Lipinski definition) is 16. The Balaban J connectivity index is 1.59. The van der Waals surface area contributed by atoms with Gasteiger partial charge in [-0.25, -0.2) is 19.2 Å². The summed E-state index contributed by atoms with van der Waals surface area (Å²) in [5.74, 6) is -0.347. The van der Waals surface area contributed by atoms with Crippen molar-refractivity contribution in [1.29, 1.82) is 0 Å². The Morgan fingerprint density at radius 1 is 0.382 bits per heavy atom. The molecule has 0 spiro atoms. The Kier molecular flexibility index (Phi) is 20.6. The zero-order chi connectivity index (χ0) is 49.8. The summed E-state index contributed by atoms with van der Waals surface area (Å²) in [6.45, 7) is 7.11. The van der Waals surface area contributed by atoms with Crippen molar-refractivity contribution in [3.8, 4) is 23.0 Å². The fourth-order valence-corrected chi connectivity index (χ4v) is 6.61. The molecule has 16 nitrogen and oxygen atoms in total. The van der Waals surface area contributed by atoms with Crippen molar-refractivity contribution in [1.82, 2.24) is 0 Å². The van der Waals surface area contributed by atoms with Crippen LogP contribution in [0.5, 0.6) is 23.0 Å². The van der Waals surface area contributed by atoms with Crippen LogP contribution in [0.1, 0.15) is 102 Å². The van der Waals surface area contributed by atoms with Crippen LogP contribution in [0.15, 0.2) is 97.1 Å². The van der Waals surface area contributed by atoms with Gasteiger partial charge < -0.3 is 57.2 Å². The van der Waals surface area contributed by atoms with E-state index in [1.54, 1.807) is 118 Å². The molecule has 0 radical (unpaired) electrons. The minimum Gasteiger partial charge on any atom is -0.497 e. The van der Waals surface area contributed by atoms with Crippen molar-refractivity contribution in [2.45, 2.75) is 82.7 Å². The maximum atomic E-state index is 13.8. The minimum absolute atomic E-state index is 0.0630. The lowest BCUT2D eigenvalue weighted by Gasteiger charge is -2.37. The molecule has 0 aliphatic heterocycles. The van der Waals surface area contributed by atoms with Gasteiger partial charge in [0.1, 0.15) is 28.6 Å². The Morgan fingerprint density at radius 2 is 0.632 bits per heavy atom. The molecular weight excluding hydrogens is 881 g/mol. The molecule has 4 aromatic rings. The number of carbonyl (C=O) groups excluding carboxylic acids is 4. The van der Waals surface area contributed by atoms with Crippen molar-refractivity contribution in [2.75, 3.05) is 74.7 Å². The van der Waals surface area contributed by atoms with E-state index < -0.39 is 52.9 Å². The molecular formula is C52H66O16. The predicted molar refractivity (Wildman–Crippen MR) is 251 cm³/mol. The van der Waals surface area contributed by atoms with Gasteiger partial charge in [0.15, 0.2) is 16.8 Å². The monoisotopic (exact) mass is 946 g/mol. The SMILES string of the molecule is CCC(C)(COCC(CC)(COCC(CC)(COCC(CC)(CO)OC(=O)c1ccc(OC)cc1)OC(=O)c1ccc(OC)cc1)OC(=O)c1ccc(OC)cc1)OC(=O)c1ccc(OC)cc1. The van der Waals surface area contributed by atoms with Crippen LogP contribution in [0.4, 0.5) is 0 Å². The van der Waals surface area contributed by atoms with Gasteiger partial charge in [0.05, 0.1) is 96.9 Å². The van der Waals surface area contributed by atoms with E-state index in [2.05, 4.69) is 0 Å². The first-order chi connectivity index (χ1) is 32.6. The summed E-state index contributed by atoms with van der Waals surface area (Å²) >= 11 is 0. The van der Waals surface area contributed by atoms with Gasteiger partial charge in [0, 0.05) is 0 Å². The van der Waals surface area contributed by atoms with E-state index >= 15 is 0 Å². The summed E-state index contributed by atoms with van der Waals surface area (Å²) in [5.41, 5.74) is -4.38. The number of hydrogen-bond donors (Lipinski definition) is 1. The molecule has 0 heterocycles. The van der Waals surface area contributed by atoms with E-state index in [0.717, 1.165) is 0 Å². The number of ether oxygens (including phenoxy) is 11. The summed E-state index contributed by atoms with van der Waals surface area (Å²) < 4.78 is 64.2. The summed E-state index contributed by atoms with van der Waals surface area (Å²) in [4.78, 5) is 54.1. The normalized spacial score (nSPS) is 14.7. The molecule has 0 aliphatic rings. The average Bonchev–Trinajstić information content (AvgIpc) is 3.37. The highest BCUT2D eigenvalue weighted by Gasteiger charge is 2.41. The van der Waals surface area contributed by atoms with Gasteiger partial charge in [0.2, 0.25) is 0 Å². The van der Waals surface area contributed by atoms with Gasteiger partial charge in [-0.15, -0.1) is 0 Å². The molecule has 0 aromatic heterocycles. The van der Waals surface area contributed by atoms with E-state index in [9.17, 15) is 24.3 Å². The Hall–Kier alpha value is -6.20. The maximum Gasteiger partial charge on any atom is 0.338 e. The molecule has 4 aromatic carbocycles. The van der Waals surface area contributed by atoms with Crippen molar-refractivity contribution >= 4 is 23.9 Å². The van der Waals surface area contributed by atoms with Gasteiger partial charge in [-0.3, -0.25) is 0 Å². The van der Waals surface area contributed by atoms with Crippen molar-refractivity contribution < 1.29 is 76.4 Å². The summed E-state index contributed by atoms with van der Waals surface area (Å²) in [6.07, 6.45) is 0.961. The fraction of sp³-hybridized carbons (Fsp3) is 0.462. The van der Waals surface area contributed by atoms with E-state index in [-0.39, 0.29) is 75.6 Å². The van der Waals surface area contributed by atoms with Crippen LogP contribution in [0.3, 0.4) is 0 Å². The van der Waals surface area contributed by atoms with Crippen LogP contribution in [0.2, 0.25) is 0 Å². The molecule has 0 saturated carbocycles. The molecule has 1 N–H and O–H groups in total. The molecule has 16 heteroatoms.